The van der Waals surface area contributed by atoms with E-state index < -0.39 is 4.75 Å². The molecule has 0 bridgehead atoms. The van der Waals surface area contributed by atoms with E-state index in [0.29, 0.717) is 0 Å². The number of para-hydroxylation sites is 1. The van der Waals surface area contributed by atoms with Crippen molar-refractivity contribution in [3.63, 3.8) is 0 Å². The van der Waals surface area contributed by atoms with Crippen LogP contribution in [0.5, 0.6) is 0 Å². The number of amides is 1. The summed E-state index contributed by atoms with van der Waals surface area (Å²) in [6.07, 6.45) is 6.07. The lowest BCUT2D eigenvalue weighted by Gasteiger charge is -2.35. The molecule has 0 N–H and O–H groups in total. The minimum Gasteiger partial charge on any atom is -0.313 e. The van der Waals surface area contributed by atoms with Crippen LogP contribution in [0.1, 0.15) is 6.92 Å². The van der Waals surface area contributed by atoms with Gasteiger partial charge >= 0.3 is 0 Å². The normalized spacial score (nSPS) is 26.4. The Kier molecular flexibility index (Phi) is 2.20. The fraction of sp³-hybridized carbons (Fsp3) is 0.214. The van der Waals surface area contributed by atoms with Gasteiger partial charge in [-0.1, -0.05) is 47.7 Å². The Morgan fingerprint density at radius 2 is 2.06 bits per heavy atom. The molecule has 1 heterocycles. The molecule has 0 fully saturated rings. The maximum atomic E-state index is 12.5. The lowest BCUT2D eigenvalue weighted by Crippen LogP contribution is -2.45. The van der Waals surface area contributed by atoms with Gasteiger partial charge in [-0.25, -0.2) is 0 Å². The average Bonchev–Trinajstić information content (AvgIpc) is 2.69. The number of nitrogens with zero attached hydrogens (tertiary/aromatic N) is 1. The molecule has 0 saturated carbocycles. The number of fused-ring (bicyclic) bond motifs is 1. The summed E-state index contributed by atoms with van der Waals surface area (Å²) in [6.45, 7) is 2.03. The standard InChI is InChI=1S/C14H13NOS/c1-10-7-8-14(9-10)13(16)15(2)11-5-3-4-6-12(11)17-14/h3-9H,1-2H3/t14-/m1/s1. The Morgan fingerprint density at radius 3 is 2.76 bits per heavy atom. The smallest absolute Gasteiger partial charge is 0.251 e. The van der Waals surface area contributed by atoms with Gasteiger partial charge in [-0.15, -0.1) is 0 Å². The van der Waals surface area contributed by atoms with Crippen LogP contribution >= 0.6 is 11.8 Å². The first kappa shape index (κ1) is 10.7. The molecule has 1 aliphatic heterocycles. The zero-order valence-electron chi connectivity index (χ0n) is 9.81. The fourth-order valence-electron chi connectivity index (χ4n) is 2.30. The quantitative estimate of drug-likeness (QED) is 0.698. The van der Waals surface area contributed by atoms with Crippen LogP contribution in [0.3, 0.4) is 0 Å². The van der Waals surface area contributed by atoms with E-state index in [1.807, 2.05) is 50.4 Å². The van der Waals surface area contributed by atoms with E-state index in [-0.39, 0.29) is 5.91 Å². The van der Waals surface area contributed by atoms with Crippen molar-refractivity contribution >= 4 is 23.4 Å². The number of rotatable bonds is 0. The van der Waals surface area contributed by atoms with Crippen LogP contribution in [0.2, 0.25) is 0 Å². The maximum absolute atomic E-state index is 12.5. The highest BCUT2D eigenvalue weighted by Crippen LogP contribution is 2.48. The van der Waals surface area contributed by atoms with Crippen molar-refractivity contribution in [1.29, 1.82) is 0 Å². The lowest BCUT2D eigenvalue weighted by atomic mass is 10.1. The molecule has 2 aliphatic rings. The van der Waals surface area contributed by atoms with Gasteiger partial charge in [-0.2, -0.15) is 0 Å². The summed E-state index contributed by atoms with van der Waals surface area (Å²) < 4.78 is -0.521. The predicted molar refractivity (Wildman–Crippen MR) is 71.3 cm³/mol. The first-order chi connectivity index (χ1) is 8.12. The zero-order valence-corrected chi connectivity index (χ0v) is 10.6. The number of hydrogen-bond donors (Lipinski definition) is 0. The van der Waals surface area contributed by atoms with E-state index in [2.05, 4.69) is 6.07 Å². The Hall–Kier alpha value is -1.48. The molecule has 1 aliphatic carbocycles. The van der Waals surface area contributed by atoms with Crippen molar-refractivity contribution < 1.29 is 4.79 Å². The largest absolute Gasteiger partial charge is 0.313 e. The second kappa shape index (κ2) is 3.50. The number of thioether (sulfide) groups is 1. The highest BCUT2D eigenvalue weighted by atomic mass is 32.2. The summed E-state index contributed by atoms with van der Waals surface area (Å²) in [5.74, 6) is 0.134. The summed E-state index contributed by atoms with van der Waals surface area (Å²) in [6, 6.07) is 8.04. The Bertz CT molecular complexity index is 561. The predicted octanol–water partition coefficient (Wildman–Crippen LogP) is 3.01. The minimum absolute atomic E-state index is 0.134. The van der Waals surface area contributed by atoms with Gasteiger partial charge in [-0.3, -0.25) is 4.79 Å². The van der Waals surface area contributed by atoms with Gasteiger partial charge in [0.2, 0.25) is 0 Å². The van der Waals surface area contributed by atoms with E-state index in [4.69, 9.17) is 0 Å². The lowest BCUT2D eigenvalue weighted by molar-refractivity contribution is -0.118. The van der Waals surface area contributed by atoms with Gasteiger partial charge in [0, 0.05) is 11.9 Å². The number of hydrogen-bond acceptors (Lipinski definition) is 2. The Balaban J connectivity index is 2.15. The van der Waals surface area contributed by atoms with Crippen molar-refractivity contribution in [2.75, 3.05) is 11.9 Å². The van der Waals surface area contributed by atoms with E-state index in [0.717, 1.165) is 16.2 Å². The van der Waals surface area contributed by atoms with Gasteiger partial charge in [0.15, 0.2) is 0 Å². The van der Waals surface area contributed by atoms with E-state index in [9.17, 15) is 4.79 Å². The molecule has 3 rings (SSSR count). The third kappa shape index (κ3) is 1.46. The Labute approximate surface area is 105 Å². The molecule has 0 saturated heterocycles. The molecular weight excluding hydrogens is 230 g/mol. The molecule has 1 spiro atoms. The summed E-state index contributed by atoms with van der Waals surface area (Å²) >= 11 is 1.63. The topological polar surface area (TPSA) is 20.3 Å². The van der Waals surface area contributed by atoms with Crippen LogP contribution < -0.4 is 4.90 Å². The van der Waals surface area contributed by atoms with Gasteiger partial charge in [-0.05, 0) is 19.1 Å². The van der Waals surface area contributed by atoms with Crippen molar-refractivity contribution in [1.82, 2.24) is 0 Å². The molecule has 2 nitrogen and oxygen atoms in total. The van der Waals surface area contributed by atoms with Gasteiger partial charge < -0.3 is 4.90 Å². The highest BCUT2D eigenvalue weighted by Gasteiger charge is 2.43. The molecule has 0 aromatic heterocycles. The first-order valence-corrected chi connectivity index (χ1v) is 6.39. The monoisotopic (exact) mass is 243 g/mol. The van der Waals surface area contributed by atoms with Crippen molar-refractivity contribution in [2.45, 2.75) is 16.6 Å². The third-order valence-corrected chi connectivity index (χ3v) is 4.51. The number of anilines is 1. The van der Waals surface area contributed by atoms with E-state index >= 15 is 0 Å². The number of carbonyl (C=O) groups excluding carboxylic acids is 1. The zero-order chi connectivity index (χ0) is 12.0. The van der Waals surface area contributed by atoms with Crippen molar-refractivity contribution in [3.05, 3.63) is 48.1 Å². The first-order valence-electron chi connectivity index (χ1n) is 5.57. The molecule has 1 atom stereocenters. The summed E-state index contributed by atoms with van der Waals surface area (Å²) in [7, 11) is 1.85. The minimum atomic E-state index is -0.521. The molecule has 1 amide bonds. The molecule has 1 aromatic carbocycles. The van der Waals surface area contributed by atoms with Gasteiger partial charge in [0.25, 0.3) is 5.91 Å². The molecule has 0 unspecified atom stereocenters. The summed E-state index contributed by atoms with van der Waals surface area (Å²) in [4.78, 5) is 15.4. The average molecular weight is 243 g/mol. The van der Waals surface area contributed by atoms with Crippen molar-refractivity contribution in [3.8, 4) is 0 Å². The molecule has 17 heavy (non-hydrogen) atoms. The SMILES string of the molecule is CC1=C[C@@]2(C=C1)Sc1ccccc1N(C)C2=O. The summed E-state index contributed by atoms with van der Waals surface area (Å²) in [5.41, 5.74) is 2.15. The molecule has 3 heteroatoms. The molecule has 1 aromatic rings. The summed E-state index contributed by atoms with van der Waals surface area (Å²) in [5, 5.41) is 0. The van der Waals surface area contributed by atoms with Gasteiger partial charge in [0.05, 0.1) is 5.69 Å². The molecule has 0 radical (unpaired) electrons. The van der Waals surface area contributed by atoms with E-state index in [1.54, 1.807) is 16.7 Å². The van der Waals surface area contributed by atoms with Crippen LogP contribution in [0.4, 0.5) is 5.69 Å². The van der Waals surface area contributed by atoms with Crippen LogP contribution in [0.15, 0.2) is 53.0 Å². The maximum Gasteiger partial charge on any atom is 0.251 e. The second-order valence-electron chi connectivity index (χ2n) is 4.45. The number of benzene rings is 1. The van der Waals surface area contributed by atoms with Crippen molar-refractivity contribution in [2.24, 2.45) is 0 Å². The molecular formula is C14H13NOS. The van der Waals surface area contributed by atoms with Crippen LogP contribution in [0, 0.1) is 0 Å². The number of allylic oxidation sites excluding steroid dienone is 2. The van der Waals surface area contributed by atoms with Gasteiger partial charge in [0.1, 0.15) is 4.75 Å². The van der Waals surface area contributed by atoms with Crippen LogP contribution in [0.25, 0.3) is 0 Å². The Morgan fingerprint density at radius 1 is 1.29 bits per heavy atom. The highest BCUT2D eigenvalue weighted by molar-refractivity contribution is 8.02. The fourth-order valence-corrected chi connectivity index (χ4v) is 3.73. The van der Waals surface area contributed by atoms with E-state index in [1.165, 1.54) is 0 Å². The number of carbonyl (C=O) groups is 1. The van der Waals surface area contributed by atoms with Crippen LogP contribution in [-0.2, 0) is 4.79 Å². The van der Waals surface area contributed by atoms with Crippen LogP contribution in [-0.4, -0.2) is 17.7 Å². The third-order valence-electron chi connectivity index (χ3n) is 3.18. The second-order valence-corrected chi connectivity index (χ2v) is 5.77. The molecule has 86 valence electrons.